The maximum absolute atomic E-state index is 8.66. The van der Waals surface area contributed by atoms with Crippen LogP contribution < -0.4 is 5.32 Å². The fraction of sp³-hybridized carbons (Fsp3) is 0.714. The molecule has 0 aliphatic rings. The topological polar surface area (TPSA) is 32.3 Å². The highest BCUT2D eigenvalue weighted by atomic mass is 32.1. The van der Waals surface area contributed by atoms with E-state index in [1.807, 2.05) is 11.3 Å². The predicted molar refractivity (Wildman–Crippen MR) is 75.8 cm³/mol. The first-order valence-corrected chi connectivity index (χ1v) is 7.43. The van der Waals surface area contributed by atoms with Gasteiger partial charge in [-0.25, -0.2) is 0 Å². The Bertz CT molecular complexity index is 298. The molecule has 1 aromatic rings. The third-order valence-electron chi connectivity index (χ3n) is 2.88. The van der Waals surface area contributed by atoms with E-state index in [4.69, 9.17) is 5.11 Å². The van der Waals surface area contributed by atoms with Gasteiger partial charge in [-0.2, -0.15) is 0 Å². The van der Waals surface area contributed by atoms with Gasteiger partial charge in [0.15, 0.2) is 0 Å². The highest BCUT2D eigenvalue weighted by molar-refractivity contribution is 7.11. The van der Waals surface area contributed by atoms with Gasteiger partial charge in [0.05, 0.1) is 0 Å². The quantitative estimate of drug-likeness (QED) is 0.664. The van der Waals surface area contributed by atoms with Crippen molar-refractivity contribution in [2.24, 2.45) is 0 Å². The molecule has 0 spiro atoms. The Labute approximate surface area is 109 Å². The fourth-order valence-electron chi connectivity index (χ4n) is 1.91. The molecule has 0 bridgehead atoms. The lowest BCUT2D eigenvalue weighted by Gasteiger charge is -2.12. The van der Waals surface area contributed by atoms with Crippen molar-refractivity contribution in [3.63, 3.8) is 0 Å². The first-order valence-electron chi connectivity index (χ1n) is 6.62. The van der Waals surface area contributed by atoms with Crippen LogP contribution in [0, 0.1) is 6.92 Å². The summed E-state index contributed by atoms with van der Waals surface area (Å²) in [6, 6.07) is 4.99. The molecular weight excluding hydrogens is 230 g/mol. The lowest BCUT2D eigenvalue weighted by molar-refractivity contribution is 0.282. The van der Waals surface area contributed by atoms with Gasteiger partial charge in [0, 0.05) is 22.4 Å². The predicted octanol–water partition coefficient (Wildman–Crippen LogP) is 3.13. The third kappa shape index (κ3) is 6.81. The monoisotopic (exact) mass is 255 g/mol. The SMILES string of the molecule is Cc1ccc(CC(C)NCCCCCCO)s1. The molecule has 1 aromatic heterocycles. The highest BCUT2D eigenvalue weighted by Crippen LogP contribution is 2.16. The maximum Gasteiger partial charge on any atom is 0.0431 e. The van der Waals surface area contributed by atoms with Gasteiger partial charge < -0.3 is 10.4 Å². The Morgan fingerprint density at radius 2 is 2.00 bits per heavy atom. The van der Waals surface area contributed by atoms with E-state index in [2.05, 4.69) is 31.3 Å². The summed E-state index contributed by atoms with van der Waals surface area (Å²) in [5.41, 5.74) is 0. The van der Waals surface area contributed by atoms with Crippen LogP contribution in [-0.4, -0.2) is 24.3 Å². The van der Waals surface area contributed by atoms with Crippen molar-refractivity contribution in [1.82, 2.24) is 5.32 Å². The van der Waals surface area contributed by atoms with Gasteiger partial charge in [0.1, 0.15) is 0 Å². The first kappa shape index (κ1) is 14.7. The van der Waals surface area contributed by atoms with E-state index in [0.29, 0.717) is 12.6 Å². The lowest BCUT2D eigenvalue weighted by Crippen LogP contribution is -2.28. The second-order valence-electron chi connectivity index (χ2n) is 4.71. The van der Waals surface area contributed by atoms with Crippen molar-refractivity contribution in [3.05, 3.63) is 21.9 Å². The molecule has 0 aliphatic carbocycles. The number of aryl methyl sites for hydroxylation is 1. The van der Waals surface area contributed by atoms with Crippen LogP contribution in [0.1, 0.15) is 42.4 Å². The van der Waals surface area contributed by atoms with Crippen LogP contribution in [0.4, 0.5) is 0 Å². The van der Waals surface area contributed by atoms with Gasteiger partial charge >= 0.3 is 0 Å². The van der Waals surface area contributed by atoms with Crippen molar-refractivity contribution in [1.29, 1.82) is 0 Å². The fourth-order valence-corrected chi connectivity index (χ4v) is 2.93. The summed E-state index contributed by atoms with van der Waals surface area (Å²) < 4.78 is 0. The molecule has 0 amide bonds. The number of aliphatic hydroxyl groups excluding tert-OH is 1. The maximum atomic E-state index is 8.66. The molecule has 1 heterocycles. The van der Waals surface area contributed by atoms with Crippen LogP contribution in [0.5, 0.6) is 0 Å². The van der Waals surface area contributed by atoms with Crippen molar-refractivity contribution in [2.75, 3.05) is 13.2 Å². The zero-order chi connectivity index (χ0) is 12.5. The Morgan fingerprint density at radius 1 is 1.24 bits per heavy atom. The molecule has 1 atom stereocenters. The summed E-state index contributed by atoms with van der Waals surface area (Å²) in [6.45, 7) is 5.84. The Kier molecular flexibility index (Phi) is 7.49. The number of nitrogens with one attached hydrogen (secondary N) is 1. The summed E-state index contributed by atoms with van der Waals surface area (Å²) >= 11 is 1.90. The molecule has 0 radical (unpaired) electrons. The summed E-state index contributed by atoms with van der Waals surface area (Å²) in [5.74, 6) is 0. The molecule has 0 fully saturated rings. The largest absolute Gasteiger partial charge is 0.396 e. The van der Waals surface area contributed by atoms with Crippen molar-refractivity contribution >= 4 is 11.3 Å². The Morgan fingerprint density at radius 3 is 2.65 bits per heavy atom. The highest BCUT2D eigenvalue weighted by Gasteiger charge is 2.04. The number of thiophene rings is 1. The van der Waals surface area contributed by atoms with E-state index in [9.17, 15) is 0 Å². The molecule has 0 aromatic carbocycles. The van der Waals surface area contributed by atoms with Crippen LogP contribution in [0.15, 0.2) is 12.1 Å². The standard InChI is InChI=1S/C14H25NOS/c1-12(11-14-8-7-13(2)17-14)15-9-5-3-4-6-10-16/h7-8,12,15-16H,3-6,9-11H2,1-2H3. The zero-order valence-electron chi connectivity index (χ0n) is 11.0. The second-order valence-corrected chi connectivity index (χ2v) is 6.08. The summed E-state index contributed by atoms with van der Waals surface area (Å²) in [4.78, 5) is 2.87. The van der Waals surface area contributed by atoms with E-state index < -0.39 is 0 Å². The van der Waals surface area contributed by atoms with E-state index in [0.717, 1.165) is 25.8 Å². The van der Waals surface area contributed by atoms with Gasteiger partial charge in [0.25, 0.3) is 0 Å². The third-order valence-corrected chi connectivity index (χ3v) is 3.90. The van der Waals surface area contributed by atoms with Crippen molar-refractivity contribution in [2.45, 2.75) is 52.0 Å². The average Bonchev–Trinajstić information content (AvgIpc) is 2.69. The van der Waals surface area contributed by atoms with E-state index >= 15 is 0 Å². The molecule has 0 aliphatic heterocycles. The van der Waals surface area contributed by atoms with E-state index in [-0.39, 0.29) is 0 Å². The summed E-state index contributed by atoms with van der Waals surface area (Å²) in [7, 11) is 0. The molecule has 3 heteroatoms. The number of hydrogen-bond acceptors (Lipinski definition) is 3. The molecule has 17 heavy (non-hydrogen) atoms. The number of unbranched alkanes of at least 4 members (excludes halogenated alkanes) is 3. The van der Waals surface area contributed by atoms with Crippen LogP contribution in [-0.2, 0) is 6.42 Å². The van der Waals surface area contributed by atoms with Crippen LogP contribution in [0.3, 0.4) is 0 Å². The summed E-state index contributed by atoms with van der Waals surface area (Å²) in [6.07, 6.45) is 5.67. The molecule has 1 unspecified atom stereocenters. The van der Waals surface area contributed by atoms with E-state index in [1.165, 1.54) is 22.6 Å². The molecule has 98 valence electrons. The van der Waals surface area contributed by atoms with Gasteiger partial charge in [-0.1, -0.05) is 12.8 Å². The minimum atomic E-state index is 0.335. The molecule has 0 saturated carbocycles. The van der Waals surface area contributed by atoms with Crippen molar-refractivity contribution < 1.29 is 5.11 Å². The van der Waals surface area contributed by atoms with Gasteiger partial charge in [-0.05, 0) is 51.8 Å². The van der Waals surface area contributed by atoms with Crippen LogP contribution in [0.2, 0.25) is 0 Å². The smallest absolute Gasteiger partial charge is 0.0431 e. The molecule has 0 saturated heterocycles. The van der Waals surface area contributed by atoms with Gasteiger partial charge in [0.2, 0.25) is 0 Å². The number of hydrogen-bond donors (Lipinski definition) is 2. The average molecular weight is 255 g/mol. The normalized spacial score (nSPS) is 12.9. The molecule has 1 rings (SSSR count). The van der Waals surface area contributed by atoms with Crippen LogP contribution in [0.25, 0.3) is 0 Å². The Hall–Kier alpha value is -0.380. The van der Waals surface area contributed by atoms with Crippen LogP contribution >= 0.6 is 11.3 Å². The zero-order valence-corrected chi connectivity index (χ0v) is 11.9. The minimum Gasteiger partial charge on any atom is -0.396 e. The second kappa shape index (κ2) is 8.67. The summed E-state index contributed by atoms with van der Waals surface area (Å²) in [5, 5.41) is 12.2. The Balaban J connectivity index is 2.03. The van der Waals surface area contributed by atoms with E-state index in [1.54, 1.807) is 0 Å². The van der Waals surface area contributed by atoms with Gasteiger partial charge in [-0.3, -0.25) is 0 Å². The molecule has 2 N–H and O–H groups in total. The minimum absolute atomic E-state index is 0.335. The molecule has 2 nitrogen and oxygen atoms in total. The molecular formula is C14H25NOS. The van der Waals surface area contributed by atoms with Crippen molar-refractivity contribution in [3.8, 4) is 0 Å². The number of rotatable bonds is 9. The van der Waals surface area contributed by atoms with Gasteiger partial charge in [-0.15, -0.1) is 11.3 Å². The first-order chi connectivity index (χ1) is 8.22. The number of aliphatic hydroxyl groups is 1. The lowest BCUT2D eigenvalue weighted by atomic mass is 10.1.